The van der Waals surface area contributed by atoms with Gasteiger partial charge in [0.25, 0.3) is 5.56 Å². The van der Waals surface area contributed by atoms with Crippen LogP contribution in [0.1, 0.15) is 33.6 Å². The summed E-state index contributed by atoms with van der Waals surface area (Å²) in [6.45, 7) is 3.96. The average molecular weight is 416 g/mol. The van der Waals surface area contributed by atoms with E-state index >= 15 is 0 Å². The first kappa shape index (κ1) is 20.5. The van der Waals surface area contributed by atoms with Crippen LogP contribution in [-0.4, -0.2) is 30.2 Å². The Morgan fingerprint density at radius 1 is 1.21 bits per heavy atom. The van der Waals surface area contributed by atoms with Crippen molar-refractivity contribution in [1.82, 2.24) is 10.3 Å². The molecule has 29 heavy (non-hydrogen) atoms. The molecular formula is C20H20N2O6S. The summed E-state index contributed by atoms with van der Waals surface area (Å²) in [5, 5.41) is 2.86. The van der Waals surface area contributed by atoms with Crippen molar-refractivity contribution in [3.8, 4) is 0 Å². The van der Waals surface area contributed by atoms with Crippen molar-refractivity contribution >= 4 is 33.7 Å². The van der Waals surface area contributed by atoms with Gasteiger partial charge in [-0.1, -0.05) is 41.7 Å². The predicted molar refractivity (Wildman–Crippen MR) is 107 cm³/mol. The molecule has 0 atom stereocenters. The summed E-state index contributed by atoms with van der Waals surface area (Å²) in [5.41, 5.74) is 0.905. The van der Waals surface area contributed by atoms with E-state index in [1.54, 1.807) is 13.8 Å². The van der Waals surface area contributed by atoms with Crippen LogP contribution in [0.5, 0.6) is 0 Å². The number of nitrogens with zero attached hydrogens (tertiary/aromatic N) is 1. The van der Waals surface area contributed by atoms with E-state index in [-0.39, 0.29) is 37.5 Å². The van der Waals surface area contributed by atoms with Crippen molar-refractivity contribution in [2.24, 2.45) is 0 Å². The van der Waals surface area contributed by atoms with Crippen LogP contribution in [0.2, 0.25) is 0 Å². The summed E-state index contributed by atoms with van der Waals surface area (Å²) in [6, 6.07) is 9.31. The summed E-state index contributed by atoms with van der Waals surface area (Å²) < 4.78 is 15.8. The SMILES string of the molecule is CCOC(=O)c1sc2oc(CCNC(=O)OCc3ccccc3)nc(=O)c2c1C. The lowest BCUT2D eigenvalue weighted by Gasteiger charge is -2.06. The molecule has 0 saturated heterocycles. The van der Waals surface area contributed by atoms with Crippen molar-refractivity contribution in [2.75, 3.05) is 13.2 Å². The molecule has 2 aromatic heterocycles. The molecule has 3 rings (SSSR count). The quantitative estimate of drug-likeness (QED) is 0.589. The maximum Gasteiger partial charge on any atom is 0.407 e. The molecule has 0 aliphatic rings. The zero-order valence-electron chi connectivity index (χ0n) is 16.0. The Bertz CT molecular complexity index is 1070. The number of aromatic nitrogens is 1. The van der Waals surface area contributed by atoms with E-state index in [1.807, 2.05) is 30.3 Å². The third-order valence-electron chi connectivity index (χ3n) is 4.05. The molecule has 1 N–H and O–H groups in total. The van der Waals surface area contributed by atoms with E-state index in [1.165, 1.54) is 0 Å². The summed E-state index contributed by atoms with van der Waals surface area (Å²) in [4.78, 5) is 40.7. The fourth-order valence-corrected chi connectivity index (χ4v) is 3.71. The molecule has 2 heterocycles. The molecule has 8 nitrogen and oxygen atoms in total. The number of nitrogens with one attached hydrogen (secondary N) is 1. The third kappa shape index (κ3) is 5.00. The van der Waals surface area contributed by atoms with Crippen molar-refractivity contribution in [3.63, 3.8) is 0 Å². The number of hydrogen-bond acceptors (Lipinski definition) is 8. The molecule has 0 aliphatic carbocycles. The zero-order valence-corrected chi connectivity index (χ0v) is 16.8. The van der Waals surface area contributed by atoms with Crippen LogP contribution in [0.3, 0.4) is 0 Å². The van der Waals surface area contributed by atoms with Gasteiger partial charge in [-0.2, -0.15) is 4.98 Å². The molecule has 1 aromatic carbocycles. The fourth-order valence-electron chi connectivity index (χ4n) is 2.65. The Balaban J connectivity index is 1.61. The monoisotopic (exact) mass is 416 g/mol. The molecule has 0 unspecified atom stereocenters. The lowest BCUT2D eigenvalue weighted by molar-refractivity contribution is 0.0531. The van der Waals surface area contributed by atoms with E-state index < -0.39 is 17.6 Å². The first-order chi connectivity index (χ1) is 14.0. The minimum Gasteiger partial charge on any atom is -0.462 e. The number of esters is 1. The smallest absolute Gasteiger partial charge is 0.407 e. The van der Waals surface area contributed by atoms with Crippen LogP contribution in [-0.2, 0) is 22.5 Å². The van der Waals surface area contributed by atoms with Gasteiger partial charge >= 0.3 is 12.1 Å². The van der Waals surface area contributed by atoms with E-state index in [4.69, 9.17) is 13.9 Å². The lowest BCUT2D eigenvalue weighted by Crippen LogP contribution is -2.27. The van der Waals surface area contributed by atoms with Crippen molar-refractivity contribution in [1.29, 1.82) is 0 Å². The Kier molecular flexibility index (Phi) is 6.61. The summed E-state index contributed by atoms with van der Waals surface area (Å²) in [5.74, 6) is -0.326. The van der Waals surface area contributed by atoms with Gasteiger partial charge in [0, 0.05) is 13.0 Å². The van der Waals surface area contributed by atoms with Gasteiger partial charge < -0.3 is 19.2 Å². The maximum absolute atomic E-state index is 12.3. The highest BCUT2D eigenvalue weighted by molar-refractivity contribution is 7.20. The number of thiophene rings is 1. The van der Waals surface area contributed by atoms with Crippen molar-refractivity contribution in [2.45, 2.75) is 26.9 Å². The number of amides is 1. The van der Waals surface area contributed by atoms with Crippen LogP contribution in [0.4, 0.5) is 4.79 Å². The minimum atomic E-state index is -0.575. The molecule has 9 heteroatoms. The molecule has 3 aromatic rings. The Morgan fingerprint density at radius 2 is 1.97 bits per heavy atom. The zero-order chi connectivity index (χ0) is 20.8. The Morgan fingerprint density at radius 3 is 2.69 bits per heavy atom. The number of alkyl carbamates (subject to hydrolysis) is 1. The van der Waals surface area contributed by atoms with Crippen LogP contribution in [0, 0.1) is 6.92 Å². The van der Waals surface area contributed by atoms with Crippen LogP contribution in [0.25, 0.3) is 10.3 Å². The molecule has 152 valence electrons. The summed E-state index contributed by atoms with van der Waals surface area (Å²) in [6.07, 6.45) is -0.369. The molecule has 0 spiro atoms. The topological polar surface area (TPSA) is 108 Å². The first-order valence-corrected chi connectivity index (χ1v) is 9.86. The molecule has 0 radical (unpaired) electrons. The lowest BCUT2D eigenvalue weighted by atomic mass is 10.2. The normalized spacial score (nSPS) is 10.7. The van der Waals surface area contributed by atoms with Crippen LogP contribution in [0.15, 0.2) is 39.5 Å². The molecule has 0 fully saturated rings. The fraction of sp³-hybridized carbons (Fsp3) is 0.300. The third-order valence-corrected chi connectivity index (χ3v) is 5.20. The predicted octanol–water partition coefficient (Wildman–Crippen LogP) is 3.20. The van der Waals surface area contributed by atoms with Gasteiger partial charge in [-0.25, -0.2) is 9.59 Å². The number of hydrogen-bond donors (Lipinski definition) is 1. The second-order valence-corrected chi connectivity index (χ2v) is 7.07. The van der Waals surface area contributed by atoms with Crippen molar-refractivity contribution < 1.29 is 23.5 Å². The number of carbonyl (C=O) groups excluding carboxylic acids is 2. The molecule has 0 bridgehead atoms. The Labute approximate surface area is 170 Å². The van der Waals surface area contributed by atoms with E-state index in [0.717, 1.165) is 16.9 Å². The van der Waals surface area contributed by atoms with Gasteiger partial charge in [-0.05, 0) is 25.0 Å². The molecule has 0 saturated carbocycles. The van der Waals surface area contributed by atoms with Gasteiger partial charge in [0.15, 0.2) is 4.90 Å². The van der Waals surface area contributed by atoms with Crippen LogP contribution >= 0.6 is 11.3 Å². The van der Waals surface area contributed by atoms with Crippen LogP contribution < -0.4 is 10.9 Å². The first-order valence-electron chi connectivity index (χ1n) is 9.04. The van der Waals surface area contributed by atoms with Crippen molar-refractivity contribution in [3.05, 3.63) is 62.6 Å². The highest BCUT2D eigenvalue weighted by Gasteiger charge is 2.21. The highest BCUT2D eigenvalue weighted by atomic mass is 32.1. The molecular weight excluding hydrogens is 396 g/mol. The Hall–Kier alpha value is -3.20. The van der Waals surface area contributed by atoms with Gasteiger partial charge in [0.05, 0.1) is 12.0 Å². The standard InChI is InChI=1S/C20H20N2O6S/c1-3-26-18(24)16-12(2)15-17(23)22-14(28-19(15)29-16)9-10-21-20(25)27-11-13-7-5-4-6-8-13/h4-8H,3,9-11H2,1-2H3,(H,21,25). The van der Waals surface area contributed by atoms with E-state index in [9.17, 15) is 14.4 Å². The summed E-state index contributed by atoms with van der Waals surface area (Å²) >= 11 is 1.05. The number of aryl methyl sites for hydroxylation is 1. The van der Waals surface area contributed by atoms with Gasteiger partial charge in [-0.15, -0.1) is 0 Å². The maximum atomic E-state index is 12.3. The number of carbonyl (C=O) groups is 2. The number of ether oxygens (including phenoxy) is 2. The number of rotatable bonds is 7. The second-order valence-electron chi connectivity index (χ2n) is 6.09. The highest BCUT2D eigenvalue weighted by Crippen LogP contribution is 2.29. The van der Waals surface area contributed by atoms with Gasteiger partial charge in [0.1, 0.15) is 11.5 Å². The van der Waals surface area contributed by atoms with E-state index in [2.05, 4.69) is 10.3 Å². The average Bonchev–Trinajstić information content (AvgIpc) is 3.04. The van der Waals surface area contributed by atoms with E-state index in [0.29, 0.717) is 15.3 Å². The minimum absolute atomic E-state index is 0.164. The van der Waals surface area contributed by atoms with Gasteiger partial charge in [-0.3, -0.25) is 4.79 Å². The second kappa shape index (κ2) is 9.33. The number of benzene rings is 1. The van der Waals surface area contributed by atoms with Gasteiger partial charge in [0.2, 0.25) is 5.89 Å². The molecule has 1 amide bonds. The molecule has 0 aliphatic heterocycles. The summed E-state index contributed by atoms with van der Waals surface area (Å²) in [7, 11) is 0. The number of fused-ring (bicyclic) bond motifs is 1. The largest absolute Gasteiger partial charge is 0.462 e.